The fourth-order valence-corrected chi connectivity index (χ4v) is 3.93. The number of methoxy groups -OCH3 is 1. The fraction of sp³-hybridized carbons (Fsp3) is 0.500. The third kappa shape index (κ3) is 4.45. The third-order valence-electron chi connectivity index (χ3n) is 4.46. The Balaban J connectivity index is 1.77. The number of nitrogens with zero attached hydrogens (tertiary/aromatic N) is 4. The largest absolute Gasteiger partial charge is 0.497 e. The van der Waals surface area contributed by atoms with E-state index in [1.807, 2.05) is 24.3 Å². The Bertz CT molecular complexity index is 733. The van der Waals surface area contributed by atoms with Gasteiger partial charge in [0.1, 0.15) is 5.75 Å². The summed E-state index contributed by atoms with van der Waals surface area (Å²) in [4.78, 5) is 0. The van der Waals surface area contributed by atoms with E-state index in [-0.39, 0.29) is 0 Å². The molecule has 25 heavy (non-hydrogen) atoms. The van der Waals surface area contributed by atoms with E-state index >= 15 is 0 Å². The summed E-state index contributed by atoms with van der Waals surface area (Å²) in [7, 11) is 1.66. The number of hydrogen-bond donors (Lipinski definition) is 1. The minimum absolute atomic E-state index is 0.397. The standard InChI is InChI=1S/C18H23N5OS/c1-24-16-9-5-6-14(12-16)20-13-17-21-22-18(25-11-10-19)23(17)15-7-3-2-4-8-15/h5-6,9,12,15,20H,2-4,7-8,11,13H2,1H3. The molecule has 1 N–H and O–H groups in total. The molecule has 6 nitrogen and oxygen atoms in total. The molecule has 1 aliphatic carbocycles. The van der Waals surface area contributed by atoms with Crippen molar-refractivity contribution in [3.63, 3.8) is 0 Å². The molecule has 1 aromatic heterocycles. The van der Waals surface area contributed by atoms with Crippen LogP contribution < -0.4 is 10.1 Å². The van der Waals surface area contributed by atoms with Gasteiger partial charge in [-0.3, -0.25) is 0 Å². The number of rotatable bonds is 7. The Morgan fingerprint density at radius 2 is 2.16 bits per heavy atom. The first-order valence-corrected chi connectivity index (χ1v) is 9.62. The zero-order valence-electron chi connectivity index (χ0n) is 14.4. The van der Waals surface area contributed by atoms with Crippen LogP contribution in [-0.2, 0) is 6.54 Å². The van der Waals surface area contributed by atoms with Gasteiger partial charge in [-0.2, -0.15) is 5.26 Å². The molecule has 1 aromatic carbocycles. The van der Waals surface area contributed by atoms with Crippen LogP contribution in [0.3, 0.4) is 0 Å². The van der Waals surface area contributed by atoms with E-state index in [1.165, 1.54) is 31.0 Å². The Morgan fingerprint density at radius 1 is 1.32 bits per heavy atom. The maximum Gasteiger partial charge on any atom is 0.192 e. The summed E-state index contributed by atoms with van der Waals surface area (Å²) >= 11 is 1.47. The second-order valence-electron chi connectivity index (χ2n) is 6.09. The maximum atomic E-state index is 8.88. The Kier molecular flexibility index (Phi) is 6.18. The SMILES string of the molecule is COc1cccc(NCc2nnc(SCC#N)n2C2CCCCC2)c1. The molecule has 3 rings (SSSR count). The maximum absolute atomic E-state index is 8.88. The van der Waals surface area contributed by atoms with Gasteiger partial charge in [0.25, 0.3) is 0 Å². The molecule has 7 heteroatoms. The number of benzene rings is 1. The normalized spacial score (nSPS) is 14.9. The molecule has 0 spiro atoms. The topological polar surface area (TPSA) is 75.8 Å². The third-order valence-corrected chi connectivity index (χ3v) is 5.27. The molecular weight excluding hydrogens is 334 g/mol. The van der Waals surface area contributed by atoms with E-state index in [4.69, 9.17) is 10.00 Å². The molecule has 1 aliphatic rings. The second-order valence-corrected chi connectivity index (χ2v) is 7.04. The van der Waals surface area contributed by atoms with Crippen molar-refractivity contribution in [2.45, 2.75) is 49.8 Å². The number of aromatic nitrogens is 3. The average molecular weight is 357 g/mol. The molecular formula is C18H23N5OS. The lowest BCUT2D eigenvalue weighted by molar-refractivity contribution is 0.330. The van der Waals surface area contributed by atoms with E-state index in [9.17, 15) is 0 Å². The molecule has 0 amide bonds. The molecule has 0 bridgehead atoms. The van der Waals surface area contributed by atoms with Crippen LogP contribution in [0.15, 0.2) is 29.4 Å². The lowest BCUT2D eigenvalue weighted by Gasteiger charge is -2.25. The van der Waals surface area contributed by atoms with Crippen molar-refractivity contribution in [3.8, 4) is 11.8 Å². The zero-order chi connectivity index (χ0) is 17.5. The van der Waals surface area contributed by atoms with Crippen molar-refractivity contribution in [2.24, 2.45) is 0 Å². The number of hydrogen-bond acceptors (Lipinski definition) is 6. The summed E-state index contributed by atoms with van der Waals surface area (Å²) in [6.45, 7) is 0.601. The van der Waals surface area contributed by atoms with E-state index in [1.54, 1.807) is 7.11 Å². The molecule has 0 atom stereocenters. The highest BCUT2D eigenvalue weighted by Gasteiger charge is 2.22. The smallest absolute Gasteiger partial charge is 0.192 e. The van der Waals surface area contributed by atoms with Gasteiger partial charge in [0.2, 0.25) is 0 Å². The van der Waals surface area contributed by atoms with Gasteiger partial charge in [0.15, 0.2) is 11.0 Å². The predicted molar refractivity (Wildman–Crippen MR) is 98.8 cm³/mol. The summed E-state index contributed by atoms with van der Waals surface area (Å²) in [5.41, 5.74) is 0.990. The summed E-state index contributed by atoms with van der Waals surface area (Å²) < 4.78 is 7.51. The number of ether oxygens (including phenoxy) is 1. The first kappa shape index (κ1) is 17.6. The second kappa shape index (κ2) is 8.77. The van der Waals surface area contributed by atoms with E-state index in [2.05, 4.69) is 26.2 Å². The minimum atomic E-state index is 0.397. The number of anilines is 1. The fourth-order valence-electron chi connectivity index (χ4n) is 3.24. The Morgan fingerprint density at radius 3 is 2.92 bits per heavy atom. The monoisotopic (exact) mass is 357 g/mol. The highest BCUT2D eigenvalue weighted by Crippen LogP contribution is 2.32. The number of thioether (sulfide) groups is 1. The first-order chi connectivity index (χ1) is 12.3. The van der Waals surface area contributed by atoms with Gasteiger partial charge < -0.3 is 14.6 Å². The van der Waals surface area contributed by atoms with Gasteiger partial charge in [-0.25, -0.2) is 0 Å². The van der Waals surface area contributed by atoms with Crippen molar-refractivity contribution < 1.29 is 4.74 Å². The lowest BCUT2D eigenvalue weighted by atomic mass is 9.95. The molecule has 1 heterocycles. The Labute approximate surface area is 152 Å². The summed E-state index contributed by atoms with van der Waals surface area (Å²) in [6.07, 6.45) is 6.10. The number of nitrogens with one attached hydrogen (secondary N) is 1. The molecule has 1 saturated carbocycles. The van der Waals surface area contributed by atoms with Gasteiger partial charge in [-0.15, -0.1) is 10.2 Å². The van der Waals surface area contributed by atoms with Gasteiger partial charge in [-0.05, 0) is 25.0 Å². The van der Waals surface area contributed by atoms with Crippen LogP contribution in [0.5, 0.6) is 5.75 Å². The van der Waals surface area contributed by atoms with Gasteiger partial charge >= 0.3 is 0 Å². The average Bonchev–Trinajstić information content (AvgIpc) is 3.08. The van der Waals surface area contributed by atoms with Crippen molar-refractivity contribution in [1.82, 2.24) is 14.8 Å². The van der Waals surface area contributed by atoms with E-state index in [0.717, 1.165) is 35.3 Å². The summed E-state index contributed by atoms with van der Waals surface area (Å²) in [5.74, 6) is 2.15. The van der Waals surface area contributed by atoms with E-state index in [0.29, 0.717) is 18.3 Å². The zero-order valence-corrected chi connectivity index (χ0v) is 15.3. The predicted octanol–water partition coefficient (Wildman–Crippen LogP) is 4.02. The van der Waals surface area contributed by atoms with Gasteiger partial charge in [0, 0.05) is 17.8 Å². The van der Waals surface area contributed by atoms with Crippen LogP contribution in [0.4, 0.5) is 5.69 Å². The van der Waals surface area contributed by atoms with Crippen LogP contribution in [0.2, 0.25) is 0 Å². The van der Waals surface area contributed by atoms with Crippen molar-refractivity contribution >= 4 is 17.4 Å². The molecule has 2 aromatic rings. The quantitative estimate of drug-likeness (QED) is 0.754. The van der Waals surface area contributed by atoms with Crippen LogP contribution >= 0.6 is 11.8 Å². The molecule has 0 radical (unpaired) electrons. The summed E-state index contributed by atoms with van der Waals surface area (Å²) in [6, 6.07) is 10.5. The highest BCUT2D eigenvalue weighted by atomic mass is 32.2. The molecule has 0 unspecified atom stereocenters. The van der Waals surface area contributed by atoms with Gasteiger partial charge in [-0.1, -0.05) is 37.1 Å². The first-order valence-electron chi connectivity index (χ1n) is 8.63. The van der Waals surface area contributed by atoms with Crippen LogP contribution in [0, 0.1) is 11.3 Å². The van der Waals surface area contributed by atoms with Crippen molar-refractivity contribution in [2.75, 3.05) is 18.2 Å². The molecule has 0 saturated heterocycles. The van der Waals surface area contributed by atoms with Crippen LogP contribution in [-0.4, -0.2) is 27.6 Å². The Hall–Kier alpha value is -2.20. The molecule has 1 fully saturated rings. The lowest BCUT2D eigenvalue weighted by Crippen LogP contribution is -2.18. The number of nitriles is 1. The minimum Gasteiger partial charge on any atom is -0.497 e. The highest BCUT2D eigenvalue weighted by molar-refractivity contribution is 7.99. The van der Waals surface area contributed by atoms with Crippen molar-refractivity contribution in [1.29, 1.82) is 5.26 Å². The van der Waals surface area contributed by atoms with E-state index < -0.39 is 0 Å². The molecule has 0 aliphatic heterocycles. The summed E-state index contributed by atoms with van der Waals surface area (Å²) in [5, 5.41) is 21.9. The molecule has 132 valence electrons. The van der Waals surface area contributed by atoms with Crippen LogP contribution in [0.1, 0.15) is 44.0 Å². The van der Waals surface area contributed by atoms with Crippen molar-refractivity contribution in [3.05, 3.63) is 30.1 Å². The van der Waals surface area contributed by atoms with Crippen LogP contribution in [0.25, 0.3) is 0 Å². The van der Waals surface area contributed by atoms with Gasteiger partial charge in [0.05, 0.1) is 25.5 Å².